The topological polar surface area (TPSA) is 89.5 Å². The van der Waals surface area contributed by atoms with Gasteiger partial charge in [0.25, 0.3) is 5.69 Å². The van der Waals surface area contributed by atoms with Crippen molar-refractivity contribution in [3.05, 3.63) is 75.8 Å². The molecular formula is C17H14N2O5. The minimum absolute atomic E-state index is 0.0414. The first-order valence-electron chi connectivity index (χ1n) is 7.30. The zero-order valence-electron chi connectivity index (χ0n) is 12.6. The molecule has 7 nitrogen and oxygen atoms in total. The van der Waals surface area contributed by atoms with Crippen LogP contribution in [0, 0.1) is 10.1 Å². The van der Waals surface area contributed by atoms with E-state index in [9.17, 15) is 19.7 Å². The summed E-state index contributed by atoms with van der Waals surface area (Å²) in [6.07, 6.45) is 0.0925. The van der Waals surface area contributed by atoms with Crippen LogP contribution in [0.1, 0.15) is 17.2 Å². The fourth-order valence-corrected chi connectivity index (χ4v) is 2.57. The third-order valence-corrected chi connectivity index (χ3v) is 3.86. The van der Waals surface area contributed by atoms with Crippen molar-refractivity contribution in [2.24, 2.45) is 0 Å². The number of carbonyl (C=O) groups excluding carboxylic acids is 2. The Bertz CT molecular complexity index is 760. The van der Waals surface area contributed by atoms with Crippen LogP contribution in [0.25, 0.3) is 0 Å². The summed E-state index contributed by atoms with van der Waals surface area (Å²) in [6.45, 7) is 0.120. The molecule has 1 heterocycles. The predicted octanol–water partition coefficient (Wildman–Crippen LogP) is 2.86. The molecule has 122 valence electrons. The van der Waals surface area contributed by atoms with Gasteiger partial charge in [0.05, 0.1) is 11.0 Å². The van der Waals surface area contributed by atoms with Crippen LogP contribution in [0.3, 0.4) is 0 Å². The number of aldehydes is 1. The average Bonchev–Trinajstić information content (AvgIpc) is 3.35. The summed E-state index contributed by atoms with van der Waals surface area (Å²) in [4.78, 5) is 34.8. The Morgan fingerprint density at radius 3 is 2.42 bits per heavy atom. The van der Waals surface area contributed by atoms with Gasteiger partial charge in [0.15, 0.2) is 0 Å². The summed E-state index contributed by atoms with van der Waals surface area (Å²) in [5.74, 6) is 0. The maximum Gasteiger partial charge on any atom is 0.411 e. The third-order valence-electron chi connectivity index (χ3n) is 3.86. The van der Waals surface area contributed by atoms with Gasteiger partial charge in [-0.1, -0.05) is 42.5 Å². The molecule has 0 saturated carbocycles. The molecule has 1 aliphatic rings. The zero-order chi connectivity index (χ0) is 17.1. The minimum atomic E-state index is -0.602. The smallest absolute Gasteiger partial charge is 0.411 e. The van der Waals surface area contributed by atoms with Gasteiger partial charge in [-0.15, -0.1) is 0 Å². The van der Waals surface area contributed by atoms with Gasteiger partial charge in [-0.3, -0.25) is 15.0 Å². The molecule has 2 atom stereocenters. The van der Waals surface area contributed by atoms with Crippen LogP contribution < -0.4 is 0 Å². The molecule has 1 amide bonds. The van der Waals surface area contributed by atoms with Crippen LogP contribution in [-0.2, 0) is 16.1 Å². The summed E-state index contributed by atoms with van der Waals surface area (Å²) in [7, 11) is 0. The second-order valence-corrected chi connectivity index (χ2v) is 5.37. The first-order valence-corrected chi connectivity index (χ1v) is 7.30. The van der Waals surface area contributed by atoms with Crippen LogP contribution in [0.2, 0.25) is 0 Å². The van der Waals surface area contributed by atoms with E-state index in [-0.39, 0.29) is 12.3 Å². The maximum atomic E-state index is 12.1. The summed E-state index contributed by atoms with van der Waals surface area (Å²) in [5, 5.41) is 10.7. The van der Waals surface area contributed by atoms with E-state index in [0.717, 1.165) is 5.56 Å². The van der Waals surface area contributed by atoms with Gasteiger partial charge in [0, 0.05) is 12.1 Å². The minimum Gasteiger partial charge on any atom is -0.445 e. The van der Waals surface area contributed by atoms with Gasteiger partial charge < -0.3 is 9.53 Å². The van der Waals surface area contributed by atoms with E-state index in [1.54, 1.807) is 12.1 Å². The number of nitrogens with zero attached hydrogens (tertiary/aromatic N) is 2. The Kier molecular flexibility index (Phi) is 4.24. The molecule has 0 unspecified atom stereocenters. The number of amides is 1. The molecule has 0 spiro atoms. The standard InChI is InChI=1S/C17H14N2O5/c20-10-15-16(13-6-8-14(9-7-13)19(22)23)18(15)17(21)24-11-12-4-2-1-3-5-12/h1-10,15-16H,11H2/t15-,16-,18?/m0/s1. The van der Waals surface area contributed by atoms with Gasteiger partial charge in [-0.2, -0.15) is 0 Å². The SMILES string of the molecule is O=C[C@H]1[C@H](c2ccc([N+](=O)[O-])cc2)N1C(=O)OCc1ccccc1. The number of nitro groups is 1. The Hall–Kier alpha value is -3.22. The van der Waals surface area contributed by atoms with Crippen molar-refractivity contribution in [3.8, 4) is 0 Å². The molecule has 3 rings (SSSR count). The normalized spacial score (nSPS) is 18.8. The van der Waals surface area contributed by atoms with E-state index in [2.05, 4.69) is 0 Å². The number of nitro benzene ring substituents is 1. The van der Waals surface area contributed by atoms with Gasteiger partial charge in [0.1, 0.15) is 18.9 Å². The fraction of sp³-hybridized carbons (Fsp3) is 0.176. The first kappa shape index (κ1) is 15.7. The number of non-ortho nitro benzene ring substituents is 1. The van der Waals surface area contributed by atoms with Crippen LogP contribution in [-0.4, -0.2) is 28.2 Å². The average molecular weight is 326 g/mol. The predicted molar refractivity (Wildman–Crippen MR) is 84.2 cm³/mol. The molecule has 0 aromatic heterocycles. The molecule has 0 bridgehead atoms. The second-order valence-electron chi connectivity index (χ2n) is 5.37. The highest BCUT2D eigenvalue weighted by molar-refractivity contribution is 5.81. The summed E-state index contributed by atoms with van der Waals surface area (Å²) < 4.78 is 5.22. The highest BCUT2D eigenvalue weighted by Crippen LogP contribution is 2.42. The highest BCUT2D eigenvalue weighted by Gasteiger charge is 2.53. The maximum absolute atomic E-state index is 12.1. The molecule has 7 heteroatoms. The van der Waals surface area contributed by atoms with Crippen LogP contribution in [0.5, 0.6) is 0 Å². The Labute approximate surface area is 137 Å². The Morgan fingerprint density at radius 2 is 1.83 bits per heavy atom. The van der Waals surface area contributed by atoms with E-state index in [4.69, 9.17) is 4.74 Å². The number of rotatable bonds is 5. The van der Waals surface area contributed by atoms with Crippen molar-refractivity contribution >= 4 is 18.1 Å². The molecule has 1 saturated heterocycles. The Morgan fingerprint density at radius 1 is 1.17 bits per heavy atom. The van der Waals surface area contributed by atoms with Gasteiger partial charge in [0.2, 0.25) is 0 Å². The molecule has 24 heavy (non-hydrogen) atoms. The quantitative estimate of drug-likeness (QED) is 0.365. The van der Waals surface area contributed by atoms with Crippen molar-refractivity contribution < 1.29 is 19.2 Å². The van der Waals surface area contributed by atoms with E-state index in [1.165, 1.54) is 17.0 Å². The molecule has 2 aromatic carbocycles. The van der Waals surface area contributed by atoms with Crippen molar-refractivity contribution in [1.82, 2.24) is 4.90 Å². The van der Waals surface area contributed by atoms with Crippen molar-refractivity contribution in [3.63, 3.8) is 0 Å². The Balaban J connectivity index is 1.66. The lowest BCUT2D eigenvalue weighted by molar-refractivity contribution is -0.384. The van der Waals surface area contributed by atoms with Crippen molar-refractivity contribution in [2.75, 3.05) is 0 Å². The zero-order valence-corrected chi connectivity index (χ0v) is 12.6. The highest BCUT2D eigenvalue weighted by atomic mass is 16.6. The molecule has 0 N–H and O–H groups in total. The molecule has 2 aromatic rings. The number of hydrogen-bond acceptors (Lipinski definition) is 5. The van der Waals surface area contributed by atoms with Crippen LogP contribution >= 0.6 is 0 Å². The largest absolute Gasteiger partial charge is 0.445 e. The lowest BCUT2D eigenvalue weighted by atomic mass is 10.1. The van der Waals surface area contributed by atoms with E-state index < -0.39 is 23.1 Å². The molecule has 1 aliphatic heterocycles. The summed E-state index contributed by atoms with van der Waals surface area (Å²) >= 11 is 0. The third kappa shape index (κ3) is 3.10. The van der Waals surface area contributed by atoms with Gasteiger partial charge in [-0.25, -0.2) is 4.79 Å². The van der Waals surface area contributed by atoms with Crippen molar-refractivity contribution in [1.29, 1.82) is 0 Å². The summed E-state index contributed by atoms with van der Waals surface area (Å²) in [5.41, 5.74) is 1.47. The van der Waals surface area contributed by atoms with Crippen LogP contribution in [0.4, 0.5) is 10.5 Å². The number of hydrogen-bond donors (Lipinski definition) is 0. The van der Waals surface area contributed by atoms with Gasteiger partial charge >= 0.3 is 6.09 Å². The summed E-state index contributed by atoms with van der Waals surface area (Å²) in [6, 6.07) is 14.0. The molecule has 0 radical (unpaired) electrons. The molecular weight excluding hydrogens is 312 g/mol. The number of ether oxygens (including phenoxy) is 1. The van der Waals surface area contributed by atoms with E-state index in [0.29, 0.717) is 11.8 Å². The molecule has 0 aliphatic carbocycles. The molecule has 1 fully saturated rings. The lowest BCUT2D eigenvalue weighted by Crippen LogP contribution is -2.16. The fourth-order valence-electron chi connectivity index (χ4n) is 2.57. The number of carbonyl (C=O) groups is 2. The van der Waals surface area contributed by atoms with Crippen molar-refractivity contribution in [2.45, 2.75) is 18.7 Å². The van der Waals surface area contributed by atoms with E-state index in [1.807, 2.05) is 30.3 Å². The van der Waals surface area contributed by atoms with Gasteiger partial charge in [-0.05, 0) is 11.1 Å². The monoisotopic (exact) mass is 326 g/mol. The van der Waals surface area contributed by atoms with E-state index >= 15 is 0 Å². The lowest BCUT2D eigenvalue weighted by Gasteiger charge is -2.07. The number of benzene rings is 2. The first-order chi connectivity index (χ1) is 11.6. The second kappa shape index (κ2) is 6.49. The van der Waals surface area contributed by atoms with Crippen LogP contribution in [0.15, 0.2) is 54.6 Å².